The third-order valence-electron chi connectivity index (χ3n) is 2.79. The maximum atomic E-state index is 12.6. The van der Waals surface area contributed by atoms with Crippen LogP contribution in [0, 0.1) is 0 Å². The molecule has 0 saturated carbocycles. The number of aromatic nitrogens is 4. The van der Waals surface area contributed by atoms with E-state index in [1.165, 1.54) is 6.33 Å². The fourth-order valence-electron chi connectivity index (χ4n) is 1.88. The largest absolute Gasteiger partial charge is 0.419 e. The van der Waals surface area contributed by atoms with Gasteiger partial charge in [0, 0.05) is 18.8 Å². The van der Waals surface area contributed by atoms with Crippen LogP contribution in [0.25, 0.3) is 5.82 Å². The highest BCUT2D eigenvalue weighted by Gasteiger charge is 2.32. The molecule has 0 bridgehead atoms. The van der Waals surface area contributed by atoms with Crippen LogP contribution in [0.4, 0.5) is 19.0 Å². The SMILES string of the molecule is CCCc1c(NC)ncnc1-n1cc(C(F)(F)F)cn1. The Hall–Kier alpha value is -2.12. The van der Waals surface area contributed by atoms with Gasteiger partial charge in [-0.15, -0.1) is 0 Å². The molecule has 2 heterocycles. The van der Waals surface area contributed by atoms with E-state index in [-0.39, 0.29) is 0 Å². The Labute approximate surface area is 113 Å². The van der Waals surface area contributed by atoms with Crippen molar-refractivity contribution in [3.05, 3.63) is 29.8 Å². The molecule has 2 aromatic rings. The van der Waals surface area contributed by atoms with Gasteiger partial charge in [0.25, 0.3) is 0 Å². The van der Waals surface area contributed by atoms with Crippen molar-refractivity contribution < 1.29 is 13.2 Å². The molecular weight excluding hydrogens is 271 g/mol. The van der Waals surface area contributed by atoms with E-state index in [1.807, 2.05) is 6.92 Å². The first kappa shape index (κ1) is 14.3. The molecule has 0 unspecified atom stereocenters. The van der Waals surface area contributed by atoms with Crippen LogP contribution >= 0.6 is 0 Å². The maximum Gasteiger partial charge on any atom is 0.419 e. The summed E-state index contributed by atoms with van der Waals surface area (Å²) in [6, 6.07) is 0. The minimum Gasteiger partial charge on any atom is -0.373 e. The van der Waals surface area contributed by atoms with E-state index >= 15 is 0 Å². The quantitative estimate of drug-likeness (QED) is 0.938. The number of nitrogens with one attached hydrogen (secondary N) is 1. The molecule has 1 N–H and O–H groups in total. The highest BCUT2D eigenvalue weighted by Crippen LogP contribution is 2.29. The molecule has 0 aliphatic carbocycles. The molecule has 0 saturated heterocycles. The van der Waals surface area contributed by atoms with Crippen LogP contribution in [0.2, 0.25) is 0 Å². The number of alkyl halides is 3. The number of nitrogens with zero attached hydrogens (tertiary/aromatic N) is 4. The molecule has 108 valence electrons. The van der Waals surface area contributed by atoms with Crippen molar-refractivity contribution in [2.45, 2.75) is 25.9 Å². The third-order valence-corrected chi connectivity index (χ3v) is 2.79. The lowest BCUT2D eigenvalue weighted by Gasteiger charge is -2.11. The molecule has 0 atom stereocenters. The predicted molar refractivity (Wildman–Crippen MR) is 67.7 cm³/mol. The predicted octanol–water partition coefficient (Wildman–Crippen LogP) is 2.68. The first-order valence-corrected chi connectivity index (χ1v) is 6.11. The number of anilines is 1. The number of hydrogen-bond acceptors (Lipinski definition) is 4. The minimum atomic E-state index is -4.41. The summed E-state index contributed by atoms with van der Waals surface area (Å²) in [7, 11) is 1.70. The number of rotatable bonds is 4. The van der Waals surface area contributed by atoms with Gasteiger partial charge in [0.2, 0.25) is 0 Å². The van der Waals surface area contributed by atoms with Crippen molar-refractivity contribution in [3.63, 3.8) is 0 Å². The summed E-state index contributed by atoms with van der Waals surface area (Å²) in [6.07, 6.45) is 0.0745. The second kappa shape index (κ2) is 5.48. The van der Waals surface area contributed by atoms with E-state index in [0.29, 0.717) is 18.1 Å². The van der Waals surface area contributed by atoms with Gasteiger partial charge >= 0.3 is 6.18 Å². The average molecular weight is 285 g/mol. The first-order chi connectivity index (χ1) is 9.47. The molecule has 0 spiro atoms. The molecule has 0 fully saturated rings. The molecule has 0 aromatic carbocycles. The molecule has 0 aliphatic rings. The zero-order chi connectivity index (χ0) is 14.8. The van der Waals surface area contributed by atoms with Crippen LogP contribution in [-0.4, -0.2) is 26.8 Å². The second-order valence-corrected chi connectivity index (χ2v) is 4.20. The van der Waals surface area contributed by atoms with Gasteiger partial charge in [0.05, 0.1) is 11.8 Å². The van der Waals surface area contributed by atoms with Crippen molar-refractivity contribution in [1.82, 2.24) is 19.7 Å². The standard InChI is InChI=1S/C12H14F3N5/c1-3-4-9-10(16-2)17-7-18-11(9)20-6-8(5-19-20)12(13,14)15/h5-7H,3-4H2,1-2H3,(H,16,17,18). The lowest BCUT2D eigenvalue weighted by molar-refractivity contribution is -0.137. The van der Waals surface area contributed by atoms with Crippen LogP contribution in [-0.2, 0) is 12.6 Å². The van der Waals surface area contributed by atoms with Crippen LogP contribution in [0.3, 0.4) is 0 Å². The summed E-state index contributed by atoms with van der Waals surface area (Å²) in [5.74, 6) is 0.961. The van der Waals surface area contributed by atoms with E-state index in [9.17, 15) is 13.2 Å². The van der Waals surface area contributed by atoms with Gasteiger partial charge in [0.1, 0.15) is 12.1 Å². The second-order valence-electron chi connectivity index (χ2n) is 4.20. The summed E-state index contributed by atoms with van der Waals surface area (Å²) < 4.78 is 39.0. The highest BCUT2D eigenvalue weighted by atomic mass is 19.4. The third kappa shape index (κ3) is 2.73. The Morgan fingerprint density at radius 3 is 2.60 bits per heavy atom. The van der Waals surface area contributed by atoms with Gasteiger partial charge in [-0.3, -0.25) is 0 Å². The van der Waals surface area contributed by atoms with Gasteiger partial charge in [-0.25, -0.2) is 14.6 Å². The van der Waals surface area contributed by atoms with Gasteiger partial charge in [-0.2, -0.15) is 18.3 Å². The smallest absolute Gasteiger partial charge is 0.373 e. The Balaban J connectivity index is 2.49. The zero-order valence-electron chi connectivity index (χ0n) is 11.1. The van der Waals surface area contributed by atoms with Crippen molar-refractivity contribution in [2.75, 3.05) is 12.4 Å². The van der Waals surface area contributed by atoms with Gasteiger partial charge < -0.3 is 5.32 Å². The fraction of sp³-hybridized carbons (Fsp3) is 0.417. The molecule has 0 radical (unpaired) electrons. The van der Waals surface area contributed by atoms with E-state index in [2.05, 4.69) is 20.4 Å². The van der Waals surface area contributed by atoms with Crippen molar-refractivity contribution in [3.8, 4) is 5.82 Å². The van der Waals surface area contributed by atoms with Gasteiger partial charge in [-0.05, 0) is 6.42 Å². The van der Waals surface area contributed by atoms with Gasteiger partial charge in [0.15, 0.2) is 5.82 Å². The lowest BCUT2D eigenvalue weighted by Crippen LogP contribution is -2.09. The van der Waals surface area contributed by atoms with Crippen LogP contribution < -0.4 is 5.32 Å². The molecular formula is C12H14F3N5. The maximum absolute atomic E-state index is 12.6. The Morgan fingerprint density at radius 2 is 2.05 bits per heavy atom. The average Bonchev–Trinajstić information content (AvgIpc) is 2.88. The molecule has 0 aliphatic heterocycles. The minimum absolute atomic E-state index is 0.363. The number of halogens is 3. The zero-order valence-corrected chi connectivity index (χ0v) is 11.1. The van der Waals surface area contributed by atoms with Crippen molar-refractivity contribution in [2.24, 2.45) is 0 Å². The summed E-state index contributed by atoms with van der Waals surface area (Å²) >= 11 is 0. The number of hydrogen-bond donors (Lipinski definition) is 1. The first-order valence-electron chi connectivity index (χ1n) is 6.11. The van der Waals surface area contributed by atoms with E-state index < -0.39 is 11.7 Å². The molecule has 2 rings (SSSR count). The van der Waals surface area contributed by atoms with E-state index in [1.54, 1.807) is 7.05 Å². The topological polar surface area (TPSA) is 55.6 Å². The van der Waals surface area contributed by atoms with Gasteiger partial charge in [-0.1, -0.05) is 13.3 Å². The van der Waals surface area contributed by atoms with Crippen LogP contribution in [0.15, 0.2) is 18.7 Å². The molecule has 20 heavy (non-hydrogen) atoms. The Kier molecular flexibility index (Phi) is 3.91. The van der Waals surface area contributed by atoms with Crippen molar-refractivity contribution >= 4 is 5.82 Å². The van der Waals surface area contributed by atoms with Crippen LogP contribution in [0.1, 0.15) is 24.5 Å². The molecule has 2 aromatic heterocycles. The molecule has 8 heteroatoms. The van der Waals surface area contributed by atoms with E-state index in [4.69, 9.17) is 0 Å². The lowest BCUT2D eigenvalue weighted by atomic mass is 10.1. The molecule has 0 amide bonds. The monoisotopic (exact) mass is 285 g/mol. The van der Waals surface area contributed by atoms with Crippen molar-refractivity contribution in [1.29, 1.82) is 0 Å². The van der Waals surface area contributed by atoms with Crippen LogP contribution in [0.5, 0.6) is 0 Å². The fourth-order valence-corrected chi connectivity index (χ4v) is 1.88. The highest BCUT2D eigenvalue weighted by molar-refractivity contribution is 5.51. The summed E-state index contributed by atoms with van der Waals surface area (Å²) in [4.78, 5) is 8.13. The van der Waals surface area contributed by atoms with E-state index in [0.717, 1.165) is 29.1 Å². The normalized spacial score (nSPS) is 11.7. The molecule has 5 nitrogen and oxygen atoms in total. The Bertz CT molecular complexity index is 591. The summed E-state index contributed by atoms with van der Waals surface area (Å²) in [5, 5.41) is 6.66. The Morgan fingerprint density at radius 1 is 1.30 bits per heavy atom. The summed E-state index contributed by atoms with van der Waals surface area (Å²) in [5.41, 5.74) is -0.0566. The summed E-state index contributed by atoms with van der Waals surface area (Å²) in [6.45, 7) is 1.97.